The first-order chi connectivity index (χ1) is 16.6. The lowest BCUT2D eigenvalue weighted by molar-refractivity contribution is 0.00631. The lowest BCUT2D eigenvalue weighted by atomic mass is 10.2. The van der Waals surface area contributed by atoms with E-state index >= 15 is 0 Å². The monoisotopic (exact) mass is 475 g/mol. The number of ether oxygens (including phenoxy) is 5. The zero-order valence-corrected chi connectivity index (χ0v) is 19.6. The van der Waals surface area contributed by atoms with Crippen molar-refractivity contribution < 1.29 is 33.3 Å². The van der Waals surface area contributed by atoms with Crippen LogP contribution < -0.4 is 20.7 Å². The number of hydrogen-bond acceptors (Lipinski definition) is 8. The van der Waals surface area contributed by atoms with Crippen LogP contribution in [0.2, 0.25) is 0 Å². The van der Waals surface area contributed by atoms with Gasteiger partial charge in [-0.1, -0.05) is 0 Å². The summed E-state index contributed by atoms with van der Waals surface area (Å²) in [6, 6.07) is 14.8. The zero-order valence-electron chi connectivity index (χ0n) is 19.6. The molecule has 0 heterocycles. The average Bonchev–Trinajstić information content (AvgIpc) is 2.87. The molecule has 0 spiro atoms. The topological polar surface area (TPSA) is 116 Å². The minimum absolute atomic E-state index is 0.159. The molecule has 186 valence electrons. The van der Waals surface area contributed by atoms with Crippen LogP contribution in [0.3, 0.4) is 0 Å². The summed E-state index contributed by atoms with van der Waals surface area (Å²) in [7, 11) is 3.12. The van der Waals surface area contributed by atoms with Gasteiger partial charge < -0.3 is 39.6 Å². The molecule has 3 N–H and O–H groups in total. The van der Waals surface area contributed by atoms with E-state index in [-0.39, 0.29) is 12.5 Å². The molecule has 2 rings (SSSR count). The molecule has 0 saturated carbocycles. The van der Waals surface area contributed by atoms with Crippen molar-refractivity contribution >= 4 is 23.4 Å². The van der Waals surface area contributed by atoms with E-state index in [0.717, 1.165) is 17.1 Å². The number of benzene rings is 2. The van der Waals surface area contributed by atoms with Crippen molar-refractivity contribution in [2.45, 2.75) is 0 Å². The SMILES string of the molecule is CNC(=O)OCCOCCOCCOCCNC(=O)c1ccc(Nc2ccc(OC)cc2)cc1. The van der Waals surface area contributed by atoms with Gasteiger partial charge in [-0.15, -0.1) is 0 Å². The van der Waals surface area contributed by atoms with E-state index in [9.17, 15) is 9.59 Å². The first-order valence-corrected chi connectivity index (χ1v) is 11.0. The Kier molecular flexibility index (Phi) is 12.9. The van der Waals surface area contributed by atoms with Gasteiger partial charge in [-0.25, -0.2) is 4.79 Å². The highest BCUT2D eigenvalue weighted by Gasteiger charge is 2.05. The molecule has 0 unspecified atom stereocenters. The van der Waals surface area contributed by atoms with Gasteiger partial charge in [0, 0.05) is 30.5 Å². The molecule has 2 aromatic carbocycles. The summed E-state index contributed by atoms with van der Waals surface area (Å²) in [6.45, 7) is 2.97. The number of rotatable bonds is 16. The Morgan fingerprint density at radius 2 is 1.26 bits per heavy atom. The van der Waals surface area contributed by atoms with E-state index in [4.69, 9.17) is 23.7 Å². The zero-order chi connectivity index (χ0) is 24.4. The van der Waals surface area contributed by atoms with Gasteiger partial charge in [-0.3, -0.25) is 4.79 Å². The summed E-state index contributed by atoms with van der Waals surface area (Å²) in [5, 5.41) is 8.45. The maximum absolute atomic E-state index is 12.3. The molecular weight excluding hydrogens is 442 g/mol. The minimum Gasteiger partial charge on any atom is -0.497 e. The quantitative estimate of drug-likeness (QED) is 0.317. The number of amides is 2. The molecule has 0 aliphatic heterocycles. The third-order valence-corrected chi connectivity index (χ3v) is 4.47. The van der Waals surface area contributed by atoms with Gasteiger partial charge in [0.1, 0.15) is 12.4 Å². The second kappa shape index (κ2) is 16.3. The van der Waals surface area contributed by atoms with Gasteiger partial charge in [0.05, 0.1) is 46.8 Å². The molecule has 0 fully saturated rings. The second-order valence-corrected chi connectivity index (χ2v) is 6.91. The maximum Gasteiger partial charge on any atom is 0.406 e. The Morgan fingerprint density at radius 1 is 0.735 bits per heavy atom. The molecule has 10 heteroatoms. The van der Waals surface area contributed by atoms with Crippen molar-refractivity contribution in [3.8, 4) is 5.75 Å². The Morgan fingerprint density at radius 3 is 1.82 bits per heavy atom. The van der Waals surface area contributed by atoms with Crippen molar-refractivity contribution in [1.29, 1.82) is 0 Å². The normalized spacial score (nSPS) is 10.4. The van der Waals surface area contributed by atoms with Crippen LogP contribution in [0.4, 0.5) is 16.2 Å². The van der Waals surface area contributed by atoms with Crippen molar-refractivity contribution in [2.75, 3.05) is 72.3 Å². The molecule has 2 amide bonds. The summed E-state index contributed by atoms with van der Waals surface area (Å²) in [4.78, 5) is 23.1. The molecule has 34 heavy (non-hydrogen) atoms. The molecule has 10 nitrogen and oxygen atoms in total. The van der Waals surface area contributed by atoms with Crippen molar-refractivity contribution in [2.24, 2.45) is 0 Å². The first-order valence-electron chi connectivity index (χ1n) is 11.0. The van der Waals surface area contributed by atoms with Gasteiger partial charge >= 0.3 is 6.09 Å². The summed E-state index contributed by atoms with van der Waals surface area (Å²) in [6.07, 6.45) is -0.482. The highest BCUT2D eigenvalue weighted by molar-refractivity contribution is 5.94. The van der Waals surface area contributed by atoms with Crippen LogP contribution in [-0.4, -0.2) is 79.0 Å². The molecule has 0 bridgehead atoms. The van der Waals surface area contributed by atoms with Gasteiger partial charge in [0.25, 0.3) is 5.91 Å². The summed E-state index contributed by atoms with van der Waals surface area (Å²) < 4.78 is 26.0. The van der Waals surface area contributed by atoms with Gasteiger partial charge in [-0.05, 0) is 48.5 Å². The van der Waals surface area contributed by atoms with Crippen LogP contribution in [-0.2, 0) is 18.9 Å². The lowest BCUT2D eigenvalue weighted by Gasteiger charge is -2.09. The molecule has 0 saturated heterocycles. The smallest absolute Gasteiger partial charge is 0.406 e. The number of hydrogen-bond donors (Lipinski definition) is 3. The largest absolute Gasteiger partial charge is 0.497 e. The van der Waals surface area contributed by atoms with E-state index in [1.807, 2.05) is 36.4 Å². The molecule has 0 aromatic heterocycles. The Hall–Kier alpha value is -3.34. The van der Waals surface area contributed by atoms with Gasteiger partial charge in [0.2, 0.25) is 0 Å². The van der Waals surface area contributed by atoms with E-state index in [2.05, 4.69) is 16.0 Å². The van der Waals surface area contributed by atoms with Gasteiger partial charge in [-0.2, -0.15) is 0 Å². The number of nitrogens with one attached hydrogen (secondary N) is 3. The minimum atomic E-state index is -0.482. The average molecular weight is 476 g/mol. The molecule has 0 aliphatic carbocycles. The third kappa shape index (κ3) is 11.0. The Labute approximate surface area is 199 Å². The summed E-state index contributed by atoms with van der Waals surface area (Å²) in [5.74, 6) is 0.634. The number of anilines is 2. The van der Waals surface area contributed by atoms with Crippen molar-refractivity contribution in [3.05, 3.63) is 54.1 Å². The van der Waals surface area contributed by atoms with Crippen LogP contribution >= 0.6 is 0 Å². The predicted molar refractivity (Wildman–Crippen MR) is 128 cm³/mol. The lowest BCUT2D eigenvalue weighted by Crippen LogP contribution is -2.27. The highest BCUT2D eigenvalue weighted by atomic mass is 16.6. The van der Waals surface area contributed by atoms with E-state index in [0.29, 0.717) is 51.7 Å². The van der Waals surface area contributed by atoms with Gasteiger partial charge in [0.15, 0.2) is 0 Å². The highest BCUT2D eigenvalue weighted by Crippen LogP contribution is 2.20. The fourth-order valence-corrected chi connectivity index (χ4v) is 2.69. The number of methoxy groups -OCH3 is 1. The summed E-state index contributed by atoms with van der Waals surface area (Å²) >= 11 is 0. The Balaban J connectivity index is 1.48. The fraction of sp³-hybridized carbons (Fsp3) is 0.417. The van der Waals surface area contributed by atoms with Crippen LogP contribution in [0.5, 0.6) is 5.75 Å². The maximum atomic E-state index is 12.3. The molecule has 0 atom stereocenters. The molecular formula is C24H33N3O7. The molecule has 0 radical (unpaired) electrons. The number of alkyl carbamates (subject to hydrolysis) is 1. The Bertz CT molecular complexity index is 845. The first kappa shape index (κ1) is 26.9. The second-order valence-electron chi connectivity index (χ2n) is 6.91. The molecule has 2 aromatic rings. The van der Waals surface area contributed by atoms with Crippen molar-refractivity contribution in [3.63, 3.8) is 0 Å². The van der Waals surface area contributed by atoms with Crippen LogP contribution in [0, 0.1) is 0 Å². The predicted octanol–water partition coefficient (Wildman–Crippen LogP) is 2.57. The van der Waals surface area contributed by atoms with E-state index in [1.165, 1.54) is 7.05 Å². The number of carbonyl (C=O) groups excluding carboxylic acids is 2. The standard InChI is InChI=1S/C24H33N3O7/c1-25-24(29)34-18-17-33-16-15-32-14-13-31-12-11-26-23(28)19-3-5-20(6-4-19)27-21-7-9-22(30-2)10-8-21/h3-10,27H,11-18H2,1-2H3,(H,25,29)(H,26,28). The third-order valence-electron chi connectivity index (χ3n) is 4.47. The van der Waals surface area contributed by atoms with E-state index in [1.54, 1.807) is 19.2 Å². The van der Waals surface area contributed by atoms with Crippen LogP contribution in [0.25, 0.3) is 0 Å². The van der Waals surface area contributed by atoms with Crippen LogP contribution in [0.15, 0.2) is 48.5 Å². The fourth-order valence-electron chi connectivity index (χ4n) is 2.69. The summed E-state index contributed by atoms with van der Waals surface area (Å²) in [5.41, 5.74) is 2.39. The van der Waals surface area contributed by atoms with Crippen molar-refractivity contribution in [1.82, 2.24) is 10.6 Å². The number of carbonyl (C=O) groups is 2. The van der Waals surface area contributed by atoms with Crippen LogP contribution in [0.1, 0.15) is 10.4 Å². The van der Waals surface area contributed by atoms with E-state index < -0.39 is 6.09 Å². The molecule has 0 aliphatic rings.